The molecule has 1 amide bonds. The first-order valence-electron chi connectivity index (χ1n) is 9.95. The lowest BCUT2D eigenvalue weighted by Gasteiger charge is -2.38. The zero-order valence-corrected chi connectivity index (χ0v) is 17.0. The fraction of sp³-hybridized carbons (Fsp3) is 0.600. The minimum atomic E-state index is -3.58. The number of hydrogen-bond acceptors (Lipinski definition) is 4. The number of hydrogen-bond donors (Lipinski definition) is 1. The lowest BCUT2D eigenvalue weighted by molar-refractivity contribution is -0.152. The van der Waals surface area contributed by atoms with Gasteiger partial charge in [0.2, 0.25) is 15.9 Å². The van der Waals surface area contributed by atoms with Crippen molar-refractivity contribution in [1.82, 2.24) is 9.21 Å². The molecule has 0 unspecified atom stereocenters. The predicted octanol–water partition coefficient (Wildman–Crippen LogP) is 1.97. The highest BCUT2D eigenvalue weighted by Gasteiger charge is 2.39. The molecule has 1 aliphatic heterocycles. The van der Waals surface area contributed by atoms with Crippen LogP contribution in [0, 0.1) is 11.8 Å². The third-order valence-corrected chi connectivity index (χ3v) is 7.83. The van der Waals surface area contributed by atoms with Crippen LogP contribution in [0.3, 0.4) is 0 Å². The molecule has 2 fully saturated rings. The third kappa shape index (κ3) is 4.22. The largest absolute Gasteiger partial charge is 0.481 e. The first-order valence-corrected chi connectivity index (χ1v) is 11.4. The molecule has 1 aromatic rings. The number of amides is 1. The molecule has 2 aliphatic rings. The van der Waals surface area contributed by atoms with Gasteiger partial charge in [-0.1, -0.05) is 31.9 Å². The van der Waals surface area contributed by atoms with Crippen molar-refractivity contribution in [3.05, 3.63) is 29.8 Å². The summed E-state index contributed by atoms with van der Waals surface area (Å²) in [6.45, 7) is 3.07. The smallest absolute Gasteiger partial charge is 0.307 e. The second-order valence-corrected chi connectivity index (χ2v) is 9.50. The van der Waals surface area contributed by atoms with E-state index in [0.717, 1.165) is 24.8 Å². The number of nitrogens with zero attached hydrogens (tertiary/aromatic N) is 2. The zero-order chi connectivity index (χ0) is 20.3. The molecule has 1 aromatic carbocycles. The Kier molecular flexibility index (Phi) is 6.40. The van der Waals surface area contributed by atoms with Gasteiger partial charge in [-0.15, -0.1) is 0 Å². The van der Waals surface area contributed by atoms with E-state index in [-0.39, 0.29) is 23.9 Å². The monoisotopic (exact) mass is 408 g/mol. The summed E-state index contributed by atoms with van der Waals surface area (Å²) in [6, 6.07) is 6.90. The van der Waals surface area contributed by atoms with Crippen LogP contribution in [0.15, 0.2) is 29.2 Å². The van der Waals surface area contributed by atoms with Gasteiger partial charge < -0.3 is 10.0 Å². The molecule has 1 saturated carbocycles. The first-order chi connectivity index (χ1) is 13.3. The Bertz CT molecular complexity index is 814. The number of aliphatic carboxylic acids is 1. The maximum atomic E-state index is 12.9. The van der Waals surface area contributed by atoms with Crippen LogP contribution in [0.2, 0.25) is 0 Å². The van der Waals surface area contributed by atoms with Crippen molar-refractivity contribution >= 4 is 21.9 Å². The van der Waals surface area contributed by atoms with Crippen LogP contribution in [0.25, 0.3) is 0 Å². The molecule has 1 saturated heterocycles. The predicted molar refractivity (Wildman–Crippen MR) is 104 cm³/mol. The SMILES string of the molecule is CCc1ccc(S(=O)(=O)N2CCN(C(=O)[C@@H]3CCCC[C@H]3C(=O)O)CC2)cc1. The lowest BCUT2D eigenvalue weighted by atomic mass is 9.78. The van der Waals surface area contributed by atoms with Crippen LogP contribution in [0.5, 0.6) is 0 Å². The normalized spacial score (nSPS) is 24.1. The minimum Gasteiger partial charge on any atom is -0.481 e. The Balaban J connectivity index is 1.64. The summed E-state index contributed by atoms with van der Waals surface area (Å²) in [5.74, 6) is -2.16. The molecule has 7 nitrogen and oxygen atoms in total. The second-order valence-electron chi connectivity index (χ2n) is 7.56. The average molecular weight is 409 g/mol. The number of carbonyl (C=O) groups is 2. The lowest BCUT2D eigenvalue weighted by Crippen LogP contribution is -2.53. The van der Waals surface area contributed by atoms with Gasteiger partial charge in [0, 0.05) is 26.2 Å². The number of carbonyl (C=O) groups excluding carboxylic acids is 1. The van der Waals surface area contributed by atoms with E-state index in [1.165, 1.54) is 4.31 Å². The standard InChI is InChI=1S/C20H28N2O5S/c1-2-15-7-9-16(10-8-15)28(26,27)22-13-11-21(12-14-22)19(23)17-5-3-4-6-18(17)20(24)25/h7-10,17-18H,2-6,11-14H2,1H3,(H,24,25)/t17-,18-/m1/s1. The van der Waals surface area contributed by atoms with Gasteiger partial charge in [0.25, 0.3) is 0 Å². The summed E-state index contributed by atoms with van der Waals surface area (Å²) in [4.78, 5) is 26.2. The highest BCUT2D eigenvalue weighted by Crippen LogP contribution is 2.32. The summed E-state index contributed by atoms with van der Waals surface area (Å²) >= 11 is 0. The maximum Gasteiger partial charge on any atom is 0.307 e. The van der Waals surface area contributed by atoms with Crippen molar-refractivity contribution in [2.45, 2.75) is 43.9 Å². The number of aryl methyl sites for hydroxylation is 1. The second kappa shape index (κ2) is 8.61. The molecule has 0 spiro atoms. The topological polar surface area (TPSA) is 95.0 Å². The highest BCUT2D eigenvalue weighted by molar-refractivity contribution is 7.89. The Morgan fingerprint density at radius 2 is 1.57 bits per heavy atom. The molecule has 8 heteroatoms. The number of piperazine rings is 1. The Hall–Kier alpha value is -1.93. The van der Waals surface area contributed by atoms with Crippen molar-refractivity contribution < 1.29 is 23.1 Å². The molecule has 1 heterocycles. The van der Waals surface area contributed by atoms with Crippen molar-refractivity contribution in [2.75, 3.05) is 26.2 Å². The molecule has 154 valence electrons. The summed E-state index contributed by atoms with van der Waals surface area (Å²) in [6.07, 6.45) is 3.68. The number of carboxylic acids is 1. The molecule has 0 aromatic heterocycles. The summed E-state index contributed by atoms with van der Waals surface area (Å²) in [7, 11) is -3.58. The highest BCUT2D eigenvalue weighted by atomic mass is 32.2. The van der Waals surface area contributed by atoms with E-state index in [4.69, 9.17) is 0 Å². The van der Waals surface area contributed by atoms with Crippen molar-refractivity contribution in [3.63, 3.8) is 0 Å². The zero-order valence-electron chi connectivity index (χ0n) is 16.2. The van der Waals surface area contributed by atoms with Gasteiger partial charge in [-0.3, -0.25) is 9.59 Å². The van der Waals surface area contributed by atoms with Gasteiger partial charge in [-0.2, -0.15) is 4.31 Å². The van der Waals surface area contributed by atoms with Crippen molar-refractivity contribution in [3.8, 4) is 0 Å². The van der Waals surface area contributed by atoms with Gasteiger partial charge in [0.1, 0.15) is 0 Å². The number of benzene rings is 1. The molecular formula is C20H28N2O5S. The van der Waals surface area contributed by atoms with Gasteiger partial charge >= 0.3 is 5.97 Å². The first kappa shape index (κ1) is 20.8. The summed E-state index contributed by atoms with van der Waals surface area (Å²) in [5, 5.41) is 9.41. The van der Waals surface area contributed by atoms with Crippen LogP contribution in [-0.2, 0) is 26.0 Å². The maximum absolute atomic E-state index is 12.9. The van der Waals surface area contributed by atoms with E-state index in [0.29, 0.717) is 25.9 Å². The minimum absolute atomic E-state index is 0.142. The van der Waals surface area contributed by atoms with E-state index in [9.17, 15) is 23.1 Å². The van der Waals surface area contributed by atoms with E-state index in [1.807, 2.05) is 19.1 Å². The molecular weight excluding hydrogens is 380 g/mol. The molecule has 3 rings (SSSR count). The van der Waals surface area contributed by atoms with Crippen LogP contribution < -0.4 is 0 Å². The fourth-order valence-corrected chi connectivity index (χ4v) is 5.57. The van der Waals surface area contributed by atoms with Crippen molar-refractivity contribution in [2.24, 2.45) is 11.8 Å². The van der Waals surface area contributed by atoms with Gasteiger partial charge in [0.15, 0.2) is 0 Å². The molecule has 28 heavy (non-hydrogen) atoms. The average Bonchev–Trinajstić information content (AvgIpc) is 2.73. The van der Waals surface area contributed by atoms with Crippen LogP contribution in [0.4, 0.5) is 0 Å². The van der Waals surface area contributed by atoms with Gasteiger partial charge in [-0.05, 0) is 37.0 Å². The Morgan fingerprint density at radius 3 is 2.11 bits per heavy atom. The molecule has 1 aliphatic carbocycles. The summed E-state index contributed by atoms with van der Waals surface area (Å²) in [5.41, 5.74) is 1.08. The van der Waals surface area contributed by atoms with E-state index in [2.05, 4.69) is 0 Å². The molecule has 1 N–H and O–H groups in total. The van der Waals surface area contributed by atoms with Crippen LogP contribution in [-0.4, -0.2) is 60.8 Å². The molecule has 2 atom stereocenters. The summed E-state index contributed by atoms with van der Waals surface area (Å²) < 4.78 is 27.1. The number of carboxylic acid groups (broad SMARTS) is 1. The number of sulfonamides is 1. The van der Waals surface area contributed by atoms with Gasteiger partial charge in [0.05, 0.1) is 16.7 Å². The Morgan fingerprint density at radius 1 is 1.00 bits per heavy atom. The molecule has 0 radical (unpaired) electrons. The fourth-order valence-electron chi connectivity index (χ4n) is 4.15. The van der Waals surface area contributed by atoms with Gasteiger partial charge in [-0.25, -0.2) is 8.42 Å². The van der Waals surface area contributed by atoms with Crippen molar-refractivity contribution in [1.29, 1.82) is 0 Å². The van der Waals surface area contributed by atoms with E-state index >= 15 is 0 Å². The Labute approximate surface area is 166 Å². The third-order valence-electron chi connectivity index (χ3n) is 5.92. The van der Waals surface area contributed by atoms with E-state index in [1.54, 1.807) is 17.0 Å². The molecule has 0 bridgehead atoms. The van der Waals surface area contributed by atoms with Crippen LogP contribution in [0.1, 0.15) is 38.2 Å². The van der Waals surface area contributed by atoms with E-state index < -0.39 is 27.8 Å². The quantitative estimate of drug-likeness (QED) is 0.804. The van der Waals surface area contributed by atoms with Crippen LogP contribution >= 0.6 is 0 Å². The number of rotatable bonds is 5.